The molecule has 1 aromatic heterocycles. The smallest absolute Gasteiger partial charge is 0.153 e. The summed E-state index contributed by atoms with van der Waals surface area (Å²) in [6.45, 7) is 0. The van der Waals surface area contributed by atoms with Crippen molar-refractivity contribution >= 4 is 17.4 Å². The number of nitrogens with zero attached hydrogens (tertiary/aromatic N) is 1. The van der Waals surface area contributed by atoms with Gasteiger partial charge in [0.1, 0.15) is 5.75 Å². The molecule has 3 rings (SSSR count). The van der Waals surface area contributed by atoms with Crippen molar-refractivity contribution in [2.75, 3.05) is 12.8 Å². The maximum absolute atomic E-state index is 6.15. The van der Waals surface area contributed by atoms with Gasteiger partial charge >= 0.3 is 0 Å². The van der Waals surface area contributed by atoms with E-state index in [-0.39, 0.29) is 0 Å². The first-order chi connectivity index (χ1) is 8.70. The molecule has 4 nitrogen and oxygen atoms in total. The Bertz CT molecular complexity index is 590. The molecule has 0 spiro atoms. The first-order valence-electron chi connectivity index (χ1n) is 5.88. The minimum atomic E-state index is 0.526. The average Bonchev–Trinajstić information content (AvgIpc) is 3.13. The van der Waals surface area contributed by atoms with Crippen LogP contribution < -0.4 is 10.5 Å². The number of ether oxygens (including phenoxy) is 1. The van der Waals surface area contributed by atoms with Crippen LogP contribution in [0.3, 0.4) is 0 Å². The molecule has 1 aromatic carbocycles. The van der Waals surface area contributed by atoms with Crippen LogP contribution in [-0.4, -0.2) is 17.3 Å². The molecule has 94 valence electrons. The highest BCUT2D eigenvalue weighted by Crippen LogP contribution is 2.45. The zero-order valence-corrected chi connectivity index (χ0v) is 10.8. The number of methoxy groups -OCH3 is 1. The van der Waals surface area contributed by atoms with E-state index in [4.69, 9.17) is 22.1 Å². The number of aromatic amines is 1. The monoisotopic (exact) mass is 263 g/mol. The summed E-state index contributed by atoms with van der Waals surface area (Å²) < 4.78 is 5.15. The first-order valence-corrected chi connectivity index (χ1v) is 6.26. The summed E-state index contributed by atoms with van der Waals surface area (Å²) in [6, 6.07) is 5.67. The maximum Gasteiger partial charge on any atom is 0.153 e. The summed E-state index contributed by atoms with van der Waals surface area (Å²) in [6.07, 6.45) is 2.39. The maximum atomic E-state index is 6.15. The van der Waals surface area contributed by atoms with Crippen LogP contribution in [0.1, 0.15) is 24.5 Å². The molecule has 18 heavy (non-hydrogen) atoms. The molecule has 0 unspecified atom stereocenters. The molecule has 0 amide bonds. The molecule has 0 radical (unpaired) electrons. The lowest BCUT2D eigenvalue weighted by atomic mass is 10.0. The van der Waals surface area contributed by atoms with Crippen molar-refractivity contribution in [1.29, 1.82) is 0 Å². The third kappa shape index (κ3) is 1.82. The predicted octanol–water partition coefficient (Wildman–Crippen LogP) is 3.20. The number of halogens is 1. The summed E-state index contributed by atoms with van der Waals surface area (Å²) >= 11 is 6.15. The van der Waals surface area contributed by atoms with Crippen LogP contribution in [0.5, 0.6) is 5.75 Å². The van der Waals surface area contributed by atoms with Gasteiger partial charge in [0.15, 0.2) is 5.82 Å². The highest BCUT2D eigenvalue weighted by molar-refractivity contribution is 6.32. The van der Waals surface area contributed by atoms with Gasteiger partial charge in [0.25, 0.3) is 0 Å². The zero-order chi connectivity index (χ0) is 12.7. The number of nitrogen functional groups attached to an aromatic ring is 1. The van der Waals surface area contributed by atoms with Crippen molar-refractivity contribution in [1.82, 2.24) is 10.2 Å². The van der Waals surface area contributed by atoms with E-state index >= 15 is 0 Å². The largest absolute Gasteiger partial charge is 0.495 e. The summed E-state index contributed by atoms with van der Waals surface area (Å²) in [5.41, 5.74) is 9.02. The van der Waals surface area contributed by atoms with Gasteiger partial charge in [-0.3, -0.25) is 5.10 Å². The SMILES string of the molecule is COc1ccc(-c2c(N)n[nH]c2C2CC2)cc1Cl. The van der Waals surface area contributed by atoms with Crippen LogP contribution in [0, 0.1) is 0 Å². The Morgan fingerprint density at radius 1 is 1.44 bits per heavy atom. The summed E-state index contributed by atoms with van der Waals surface area (Å²) in [5, 5.41) is 7.72. The van der Waals surface area contributed by atoms with Crippen LogP contribution in [0.15, 0.2) is 18.2 Å². The topological polar surface area (TPSA) is 63.9 Å². The highest BCUT2D eigenvalue weighted by Gasteiger charge is 2.29. The fourth-order valence-electron chi connectivity index (χ4n) is 2.16. The van der Waals surface area contributed by atoms with Gasteiger partial charge in [-0.1, -0.05) is 17.7 Å². The van der Waals surface area contributed by atoms with E-state index in [9.17, 15) is 0 Å². The minimum Gasteiger partial charge on any atom is -0.495 e. The van der Waals surface area contributed by atoms with Crippen LogP contribution in [0.2, 0.25) is 5.02 Å². The molecule has 2 aromatic rings. The standard InChI is InChI=1S/C13H14ClN3O/c1-18-10-5-4-8(6-9(10)14)11-12(7-2-3-7)16-17-13(11)15/h4-7H,2-3H2,1H3,(H3,15,16,17). The lowest BCUT2D eigenvalue weighted by Crippen LogP contribution is -1.91. The Morgan fingerprint density at radius 3 is 2.83 bits per heavy atom. The summed E-state index contributed by atoms with van der Waals surface area (Å²) in [5.74, 6) is 1.75. The molecule has 0 saturated heterocycles. The van der Waals surface area contributed by atoms with Crippen molar-refractivity contribution in [3.05, 3.63) is 28.9 Å². The Labute approximate surface area is 110 Å². The predicted molar refractivity (Wildman–Crippen MR) is 72.0 cm³/mol. The van der Waals surface area contributed by atoms with Gasteiger partial charge in [-0.2, -0.15) is 5.10 Å². The Kier molecular flexibility index (Phi) is 2.67. The molecule has 3 N–H and O–H groups in total. The lowest BCUT2D eigenvalue weighted by molar-refractivity contribution is 0.415. The number of aromatic nitrogens is 2. The molecular weight excluding hydrogens is 250 g/mol. The van der Waals surface area contributed by atoms with Crippen molar-refractivity contribution in [2.24, 2.45) is 0 Å². The lowest BCUT2D eigenvalue weighted by Gasteiger charge is -2.07. The number of hydrogen-bond donors (Lipinski definition) is 2. The van der Waals surface area contributed by atoms with E-state index in [0.29, 0.717) is 22.5 Å². The normalized spacial score (nSPS) is 14.8. The summed E-state index contributed by atoms with van der Waals surface area (Å²) in [7, 11) is 1.60. The van der Waals surface area contributed by atoms with E-state index in [0.717, 1.165) is 16.8 Å². The Morgan fingerprint density at radius 2 is 2.22 bits per heavy atom. The second-order valence-electron chi connectivity index (χ2n) is 4.52. The number of H-pyrrole nitrogens is 1. The van der Waals surface area contributed by atoms with Crippen molar-refractivity contribution in [3.8, 4) is 16.9 Å². The zero-order valence-electron chi connectivity index (χ0n) is 10.0. The van der Waals surface area contributed by atoms with E-state index in [1.54, 1.807) is 7.11 Å². The number of rotatable bonds is 3. The molecule has 1 aliphatic rings. The van der Waals surface area contributed by atoms with Gasteiger partial charge in [0, 0.05) is 17.2 Å². The van der Waals surface area contributed by atoms with Gasteiger partial charge in [0.2, 0.25) is 0 Å². The number of nitrogens with two attached hydrogens (primary N) is 1. The molecule has 0 aliphatic heterocycles. The van der Waals surface area contributed by atoms with Crippen LogP contribution in [0.25, 0.3) is 11.1 Å². The molecule has 5 heteroatoms. The highest BCUT2D eigenvalue weighted by atomic mass is 35.5. The average molecular weight is 264 g/mol. The van der Waals surface area contributed by atoms with Crippen molar-refractivity contribution in [2.45, 2.75) is 18.8 Å². The van der Waals surface area contributed by atoms with Gasteiger partial charge in [0.05, 0.1) is 12.1 Å². The Hall–Kier alpha value is -1.68. The fourth-order valence-corrected chi connectivity index (χ4v) is 2.42. The fraction of sp³-hybridized carbons (Fsp3) is 0.308. The molecule has 0 atom stereocenters. The molecule has 1 heterocycles. The van der Waals surface area contributed by atoms with Gasteiger partial charge in [-0.15, -0.1) is 0 Å². The molecule has 1 fully saturated rings. The van der Waals surface area contributed by atoms with Gasteiger partial charge in [-0.05, 0) is 30.5 Å². The van der Waals surface area contributed by atoms with Gasteiger partial charge < -0.3 is 10.5 Å². The Balaban J connectivity index is 2.09. The number of nitrogens with one attached hydrogen (secondary N) is 1. The number of hydrogen-bond acceptors (Lipinski definition) is 3. The van der Waals surface area contributed by atoms with E-state index in [1.165, 1.54) is 12.8 Å². The molecule has 1 saturated carbocycles. The van der Waals surface area contributed by atoms with Crippen LogP contribution in [-0.2, 0) is 0 Å². The number of anilines is 1. The third-order valence-corrected chi connectivity index (χ3v) is 3.54. The van der Waals surface area contributed by atoms with Crippen LogP contribution >= 0.6 is 11.6 Å². The molecule has 0 bridgehead atoms. The van der Waals surface area contributed by atoms with E-state index in [2.05, 4.69) is 10.2 Å². The van der Waals surface area contributed by atoms with Crippen molar-refractivity contribution in [3.63, 3.8) is 0 Å². The van der Waals surface area contributed by atoms with Crippen molar-refractivity contribution < 1.29 is 4.74 Å². The second-order valence-corrected chi connectivity index (χ2v) is 4.93. The molecular formula is C13H14ClN3O. The van der Waals surface area contributed by atoms with Crippen LogP contribution in [0.4, 0.5) is 5.82 Å². The number of benzene rings is 1. The molecule has 1 aliphatic carbocycles. The summed E-state index contributed by atoms with van der Waals surface area (Å²) in [4.78, 5) is 0. The quantitative estimate of drug-likeness (QED) is 0.894. The minimum absolute atomic E-state index is 0.526. The first kappa shape index (κ1) is 11.4. The van der Waals surface area contributed by atoms with E-state index < -0.39 is 0 Å². The van der Waals surface area contributed by atoms with E-state index in [1.807, 2.05) is 18.2 Å². The third-order valence-electron chi connectivity index (χ3n) is 3.25. The second kappa shape index (κ2) is 4.21. The van der Waals surface area contributed by atoms with Gasteiger partial charge in [-0.25, -0.2) is 0 Å².